The molecule has 1 N–H and O–H groups in total. The van der Waals surface area contributed by atoms with Crippen LogP contribution in [0.5, 0.6) is 0 Å². The first kappa shape index (κ1) is 18.3. The van der Waals surface area contributed by atoms with Gasteiger partial charge in [-0.3, -0.25) is 9.59 Å². The number of hydrogen-bond donors (Lipinski definition) is 1. The minimum Gasteiger partial charge on any atom is -0.341 e. The van der Waals surface area contributed by atoms with Gasteiger partial charge in [-0.25, -0.2) is 0 Å². The van der Waals surface area contributed by atoms with Crippen molar-refractivity contribution < 1.29 is 22.8 Å². The van der Waals surface area contributed by atoms with Gasteiger partial charge in [-0.2, -0.15) is 13.2 Å². The first-order valence-corrected chi connectivity index (χ1v) is 7.33. The number of Topliss-reactive ketones (excluding diaryl/α,β-unsaturated/α-hetero) is 1. The second-order valence-corrected chi connectivity index (χ2v) is 5.19. The highest BCUT2D eigenvalue weighted by molar-refractivity contribution is 5.94. The van der Waals surface area contributed by atoms with Gasteiger partial charge >= 0.3 is 6.18 Å². The summed E-state index contributed by atoms with van der Waals surface area (Å²) in [5.41, 5.74) is 0.591. The van der Waals surface area contributed by atoms with Gasteiger partial charge in [-0.15, -0.1) is 0 Å². The second-order valence-electron chi connectivity index (χ2n) is 5.19. The van der Waals surface area contributed by atoms with Crippen LogP contribution in [0.15, 0.2) is 48.5 Å². The zero-order valence-corrected chi connectivity index (χ0v) is 13.3. The first-order chi connectivity index (χ1) is 11.8. The average Bonchev–Trinajstić information content (AvgIpc) is 2.58. The van der Waals surface area contributed by atoms with Gasteiger partial charge in [0, 0.05) is 16.7 Å². The number of alkyl halides is 3. The van der Waals surface area contributed by atoms with E-state index in [0.717, 1.165) is 24.3 Å². The molecule has 6 heteroatoms. The molecule has 0 radical (unpaired) electrons. The normalized spacial score (nSPS) is 10.6. The quantitative estimate of drug-likeness (QED) is 0.681. The van der Waals surface area contributed by atoms with E-state index in [1.165, 1.54) is 6.92 Å². The Hall–Kier alpha value is -3.07. The number of carbonyl (C=O) groups excluding carboxylic acids is 2. The van der Waals surface area contributed by atoms with Crippen LogP contribution >= 0.6 is 0 Å². The summed E-state index contributed by atoms with van der Waals surface area (Å²) in [4.78, 5) is 23.0. The van der Waals surface area contributed by atoms with Crippen LogP contribution in [-0.2, 0) is 6.18 Å². The van der Waals surface area contributed by atoms with E-state index in [-0.39, 0.29) is 17.9 Å². The minimum atomic E-state index is -4.43. The Morgan fingerprint density at radius 2 is 1.52 bits per heavy atom. The molecule has 25 heavy (non-hydrogen) atoms. The van der Waals surface area contributed by atoms with Gasteiger partial charge in [0.05, 0.1) is 12.1 Å². The van der Waals surface area contributed by atoms with E-state index < -0.39 is 17.6 Å². The molecule has 0 bridgehead atoms. The fourth-order valence-electron chi connectivity index (χ4n) is 1.97. The van der Waals surface area contributed by atoms with Crippen molar-refractivity contribution in [3.05, 3.63) is 70.8 Å². The maximum absolute atomic E-state index is 12.5. The smallest absolute Gasteiger partial charge is 0.341 e. The number of nitrogens with one attached hydrogen (secondary N) is 1. The van der Waals surface area contributed by atoms with E-state index in [9.17, 15) is 22.8 Å². The Morgan fingerprint density at radius 1 is 0.960 bits per heavy atom. The SMILES string of the molecule is CC(=O)c1ccc(C#CCNC(=O)c2ccc(C(F)(F)F)cc2)cc1. The third-order valence-corrected chi connectivity index (χ3v) is 3.34. The molecule has 2 rings (SSSR count). The van der Waals surface area contributed by atoms with Crippen LogP contribution in [0.25, 0.3) is 0 Å². The zero-order valence-electron chi connectivity index (χ0n) is 13.3. The van der Waals surface area contributed by atoms with Crippen LogP contribution in [0.2, 0.25) is 0 Å². The van der Waals surface area contributed by atoms with Gasteiger partial charge < -0.3 is 5.32 Å². The Bertz CT molecular complexity index is 826. The number of hydrogen-bond acceptors (Lipinski definition) is 2. The number of carbonyl (C=O) groups is 2. The lowest BCUT2D eigenvalue weighted by Gasteiger charge is -2.07. The Labute approximate surface area is 142 Å². The molecule has 0 aromatic heterocycles. The molecular formula is C19H14F3NO2. The van der Waals surface area contributed by atoms with Crippen LogP contribution < -0.4 is 5.32 Å². The van der Waals surface area contributed by atoms with Crippen molar-refractivity contribution in [1.29, 1.82) is 0 Å². The molecule has 0 saturated carbocycles. The number of benzene rings is 2. The summed E-state index contributed by atoms with van der Waals surface area (Å²) in [6.07, 6.45) is -4.43. The van der Waals surface area contributed by atoms with Crippen molar-refractivity contribution in [1.82, 2.24) is 5.32 Å². The highest BCUT2D eigenvalue weighted by atomic mass is 19.4. The Balaban J connectivity index is 1.91. The molecule has 0 fully saturated rings. The Kier molecular flexibility index (Phi) is 5.60. The van der Waals surface area contributed by atoms with Gasteiger partial charge in [0.1, 0.15) is 0 Å². The highest BCUT2D eigenvalue weighted by Gasteiger charge is 2.30. The molecule has 0 spiro atoms. The summed E-state index contributed by atoms with van der Waals surface area (Å²) in [5, 5.41) is 2.51. The lowest BCUT2D eigenvalue weighted by atomic mass is 10.1. The fraction of sp³-hybridized carbons (Fsp3) is 0.158. The molecule has 0 heterocycles. The maximum Gasteiger partial charge on any atom is 0.416 e. The van der Waals surface area contributed by atoms with Crippen LogP contribution in [-0.4, -0.2) is 18.2 Å². The van der Waals surface area contributed by atoms with Crippen molar-refractivity contribution in [2.24, 2.45) is 0 Å². The molecule has 0 saturated heterocycles. The van der Waals surface area contributed by atoms with Gasteiger partial charge in [-0.05, 0) is 43.3 Å². The summed E-state index contributed by atoms with van der Waals surface area (Å²) in [7, 11) is 0. The summed E-state index contributed by atoms with van der Waals surface area (Å²) < 4.78 is 37.4. The van der Waals surface area contributed by atoms with Crippen molar-refractivity contribution in [2.75, 3.05) is 6.54 Å². The Morgan fingerprint density at radius 3 is 2.04 bits per heavy atom. The van der Waals surface area contributed by atoms with Crippen LogP contribution in [0.4, 0.5) is 13.2 Å². The lowest BCUT2D eigenvalue weighted by Crippen LogP contribution is -2.23. The zero-order chi connectivity index (χ0) is 18.4. The van der Waals surface area contributed by atoms with E-state index in [4.69, 9.17) is 0 Å². The molecule has 0 aliphatic heterocycles. The molecule has 2 aromatic rings. The molecular weight excluding hydrogens is 331 g/mol. The monoisotopic (exact) mass is 345 g/mol. The number of amides is 1. The van der Waals surface area contributed by atoms with Crippen molar-refractivity contribution in [2.45, 2.75) is 13.1 Å². The summed E-state index contributed by atoms with van der Waals surface area (Å²) in [6.45, 7) is 1.52. The summed E-state index contributed by atoms with van der Waals surface area (Å²) >= 11 is 0. The van der Waals surface area contributed by atoms with Crippen molar-refractivity contribution in [3.63, 3.8) is 0 Å². The summed E-state index contributed by atoms with van der Waals surface area (Å²) in [5.74, 6) is 5.02. The molecule has 3 nitrogen and oxygen atoms in total. The van der Waals surface area contributed by atoms with E-state index in [1.54, 1.807) is 24.3 Å². The molecule has 2 aromatic carbocycles. The van der Waals surface area contributed by atoms with E-state index in [2.05, 4.69) is 17.2 Å². The molecule has 0 aliphatic carbocycles. The van der Waals surface area contributed by atoms with Crippen LogP contribution in [0.3, 0.4) is 0 Å². The van der Waals surface area contributed by atoms with Gasteiger partial charge in [-0.1, -0.05) is 24.0 Å². The number of halogens is 3. The van der Waals surface area contributed by atoms with Crippen LogP contribution in [0, 0.1) is 11.8 Å². The van der Waals surface area contributed by atoms with Gasteiger partial charge in [0.2, 0.25) is 0 Å². The molecule has 0 unspecified atom stereocenters. The molecule has 0 atom stereocenters. The highest BCUT2D eigenvalue weighted by Crippen LogP contribution is 2.29. The topological polar surface area (TPSA) is 46.2 Å². The second kappa shape index (κ2) is 7.67. The average molecular weight is 345 g/mol. The molecule has 0 aliphatic rings. The third kappa shape index (κ3) is 5.21. The van der Waals surface area contributed by atoms with Crippen molar-refractivity contribution in [3.8, 4) is 11.8 Å². The maximum atomic E-state index is 12.5. The number of ketones is 1. The van der Waals surface area contributed by atoms with Crippen molar-refractivity contribution >= 4 is 11.7 Å². The molecule has 128 valence electrons. The first-order valence-electron chi connectivity index (χ1n) is 7.33. The molecule has 1 amide bonds. The number of rotatable bonds is 3. The van der Waals surface area contributed by atoms with E-state index >= 15 is 0 Å². The summed E-state index contributed by atoms with van der Waals surface area (Å²) in [6, 6.07) is 10.7. The predicted molar refractivity (Wildman–Crippen MR) is 87.1 cm³/mol. The van der Waals surface area contributed by atoms with E-state index in [1.807, 2.05) is 0 Å². The fourth-order valence-corrected chi connectivity index (χ4v) is 1.97. The third-order valence-electron chi connectivity index (χ3n) is 3.34. The predicted octanol–water partition coefficient (Wildman–Crippen LogP) is 3.69. The van der Waals surface area contributed by atoms with Gasteiger partial charge in [0.15, 0.2) is 5.78 Å². The minimum absolute atomic E-state index is 0.0386. The van der Waals surface area contributed by atoms with E-state index in [0.29, 0.717) is 11.1 Å². The standard InChI is InChI=1S/C19H14F3NO2/c1-13(24)15-6-4-14(5-7-15)3-2-12-23-18(25)16-8-10-17(11-9-16)19(20,21)22/h4-11H,12H2,1H3,(H,23,25). The lowest BCUT2D eigenvalue weighted by molar-refractivity contribution is -0.137. The van der Waals surface area contributed by atoms with Crippen LogP contribution in [0.1, 0.15) is 38.8 Å². The van der Waals surface area contributed by atoms with Gasteiger partial charge in [0.25, 0.3) is 5.91 Å². The largest absolute Gasteiger partial charge is 0.416 e.